The number of carboxylic acids is 1. The van der Waals surface area contributed by atoms with Crippen LogP contribution in [0.15, 0.2) is 42.5 Å². The summed E-state index contributed by atoms with van der Waals surface area (Å²) in [6.45, 7) is 9.96. The van der Waals surface area contributed by atoms with Crippen LogP contribution in [0, 0.1) is 0 Å². The van der Waals surface area contributed by atoms with Gasteiger partial charge in [-0.3, -0.25) is 0 Å². The molecule has 0 aliphatic rings. The molecule has 0 saturated carbocycles. The summed E-state index contributed by atoms with van der Waals surface area (Å²) in [5.74, 6) is -0.0838. The van der Waals surface area contributed by atoms with Gasteiger partial charge in [-0.2, -0.15) is 0 Å². The van der Waals surface area contributed by atoms with Crippen LogP contribution in [0.5, 0.6) is 0 Å². The van der Waals surface area contributed by atoms with E-state index in [1.807, 2.05) is 51.1 Å². The van der Waals surface area contributed by atoms with Crippen molar-refractivity contribution < 1.29 is 33.6 Å². The molecule has 0 saturated heterocycles. The number of rotatable bonds is 19. The molecule has 216 valence electrons. The van der Waals surface area contributed by atoms with Crippen molar-refractivity contribution in [2.45, 2.75) is 52.1 Å². The SMILES string of the molecule is CC(C)(C)OC(=O)NCCCOCCOCCOCCCNc1cccc(CCc2ccc(C(=O)O)cc2)n1. The Morgan fingerprint density at radius 2 is 1.44 bits per heavy atom. The number of anilines is 1. The van der Waals surface area contributed by atoms with Gasteiger partial charge >= 0.3 is 12.1 Å². The van der Waals surface area contributed by atoms with Crippen molar-refractivity contribution >= 4 is 17.9 Å². The molecule has 0 bridgehead atoms. The van der Waals surface area contributed by atoms with Crippen LogP contribution >= 0.6 is 0 Å². The minimum Gasteiger partial charge on any atom is -0.478 e. The Morgan fingerprint density at radius 1 is 0.821 bits per heavy atom. The molecule has 2 rings (SSSR count). The highest BCUT2D eigenvalue weighted by Crippen LogP contribution is 2.11. The fraction of sp³-hybridized carbons (Fsp3) is 0.552. The molecule has 1 aromatic carbocycles. The maximum absolute atomic E-state index is 11.5. The number of ether oxygens (including phenoxy) is 4. The van der Waals surface area contributed by atoms with Gasteiger partial charge in [0.2, 0.25) is 0 Å². The number of carbonyl (C=O) groups is 2. The van der Waals surface area contributed by atoms with Gasteiger partial charge in [0, 0.05) is 32.0 Å². The third kappa shape index (κ3) is 15.7. The molecule has 0 aliphatic carbocycles. The molecule has 39 heavy (non-hydrogen) atoms. The van der Waals surface area contributed by atoms with Crippen LogP contribution in [0.3, 0.4) is 0 Å². The van der Waals surface area contributed by atoms with E-state index in [-0.39, 0.29) is 0 Å². The number of nitrogens with zero attached hydrogens (tertiary/aromatic N) is 1. The third-order valence-electron chi connectivity index (χ3n) is 5.33. The molecule has 0 fully saturated rings. The van der Waals surface area contributed by atoms with Crippen molar-refractivity contribution in [3.05, 3.63) is 59.3 Å². The fourth-order valence-electron chi connectivity index (χ4n) is 3.42. The Labute approximate surface area is 231 Å². The second-order valence-electron chi connectivity index (χ2n) is 9.92. The van der Waals surface area contributed by atoms with Crippen molar-refractivity contribution in [3.63, 3.8) is 0 Å². The summed E-state index contributed by atoms with van der Waals surface area (Å²) >= 11 is 0. The number of aromatic nitrogens is 1. The van der Waals surface area contributed by atoms with E-state index >= 15 is 0 Å². The number of pyridine rings is 1. The Morgan fingerprint density at radius 3 is 2.05 bits per heavy atom. The summed E-state index contributed by atoms with van der Waals surface area (Å²) in [4.78, 5) is 27.1. The molecule has 1 amide bonds. The summed E-state index contributed by atoms with van der Waals surface area (Å²) in [6, 6.07) is 12.9. The smallest absolute Gasteiger partial charge is 0.407 e. The first kappa shape index (κ1) is 32.0. The van der Waals surface area contributed by atoms with Gasteiger partial charge in [0.15, 0.2) is 0 Å². The van der Waals surface area contributed by atoms with Crippen molar-refractivity contribution in [3.8, 4) is 0 Å². The number of benzene rings is 1. The second-order valence-corrected chi connectivity index (χ2v) is 9.92. The van der Waals surface area contributed by atoms with Crippen molar-refractivity contribution in [2.75, 3.05) is 58.0 Å². The zero-order valence-electron chi connectivity index (χ0n) is 23.4. The molecule has 0 unspecified atom stereocenters. The lowest BCUT2D eigenvalue weighted by Crippen LogP contribution is -2.33. The van der Waals surface area contributed by atoms with E-state index in [4.69, 9.17) is 24.1 Å². The van der Waals surface area contributed by atoms with Crippen LogP contribution in [0.2, 0.25) is 0 Å². The number of nitrogens with one attached hydrogen (secondary N) is 2. The van der Waals surface area contributed by atoms with Crippen LogP contribution in [0.1, 0.15) is 55.2 Å². The summed E-state index contributed by atoms with van der Waals surface area (Å²) in [5.41, 5.74) is 1.87. The zero-order valence-corrected chi connectivity index (χ0v) is 23.4. The predicted molar refractivity (Wildman–Crippen MR) is 149 cm³/mol. The normalized spacial score (nSPS) is 11.3. The Balaban J connectivity index is 1.41. The van der Waals surface area contributed by atoms with Gasteiger partial charge in [-0.15, -0.1) is 0 Å². The molecule has 0 aliphatic heterocycles. The van der Waals surface area contributed by atoms with Crippen molar-refractivity contribution in [1.82, 2.24) is 10.3 Å². The van der Waals surface area contributed by atoms with E-state index in [0.717, 1.165) is 42.9 Å². The largest absolute Gasteiger partial charge is 0.478 e. The lowest BCUT2D eigenvalue weighted by Gasteiger charge is -2.19. The second kappa shape index (κ2) is 18.1. The number of alkyl carbamates (subject to hydrolysis) is 1. The number of aryl methyl sites for hydroxylation is 2. The molecular formula is C29H43N3O7. The number of carbonyl (C=O) groups excluding carboxylic acids is 1. The zero-order chi connectivity index (χ0) is 28.3. The Kier molecular flexibility index (Phi) is 14.9. The summed E-state index contributed by atoms with van der Waals surface area (Å²) in [7, 11) is 0. The Hall–Kier alpha value is -3.21. The highest BCUT2D eigenvalue weighted by Gasteiger charge is 2.15. The van der Waals surface area contributed by atoms with Gasteiger partial charge in [-0.25, -0.2) is 14.6 Å². The molecule has 3 N–H and O–H groups in total. The van der Waals surface area contributed by atoms with Crippen LogP contribution in [0.25, 0.3) is 0 Å². The Bertz CT molecular complexity index is 978. The van der Waals surface area contributed by atoms with Crippen molar-refractivity contribution in [1.29, 1.82) is 0 Å². The maximum Gasteiger partial charge on any atom is 0.407 e. The van der Waals surface area contributed by atoms with Gasteiger partial charge in [-0.05, 0) is 76.3 Å². The van der Waals surface area contributed by atoms with E-state index in [0.29, 0.717) is 58.2 Å². The fourth-order valence-corrected chi connectivity index (χ4v) is 3.42. The molecule has 0 atom stereocenters. The molecule has 10 heteroatoms. The van der Waals surface area contributed by atoms with Gasteiger partial charge in [0.05, 0.1) is 32.0 Å². The minimum atomic E-state index is -0.915. The van der Waals surface area contributed by atoms with Crippen molar-refractivity contribution in [2.24, 2.45) is 0 Å². The monoisotopic (exact) mass is 545 g/mol. The van der Waals surface area contributed by atoms with E-state index in [1.165, 1.54) is 0 Å². The number of carboxylic acid groups (broad SMARTS) is 1. The highest BCUT2D eigenvalue weighted by atomic mass is 16.6. The molecule has 10 nitrogen and oxygen atoms in total. The summed E-state index contributed by atoms with van der Waals surface area (Å²) in [6.07, 6.45) is 2.72. The topological polar surface area (TPSA) is 128 Å². The average molecular weight is 546 g/mol. The molecule has 0 radical (unpaired) electrons. The number of amides is 1. The number of hydrogen-bond donors (Lipinski definition) is 3. The van der Waals surface area contributed by atoms with Crippen LogP contribution in [-0.2, 0) is 31.8 Å². The number of hydrogen-bond acceptors (Lipinski definition) is 8. The number of aromatic carboxylic acids is 1. The van der Waals surface area contributed by atoms with Crippen LogP contribution in [0.4, 0.5) is 10.6 Å². The quantitative estimate of drug-likeness (QED) is 0.221. The summed E-state index contributed by atoms with van der Waals surface area (Å²) in [5, 5.41) is 15.0. The standard InChI is InChI=1S/C29H43N3O7/c1-29(2,3)39-28(35)31-16-6-18-37-20-22-38-21-19-36-17-5-15-30-26-8-4-7-25(32-26)14-11-23-9-12-24(13-10-23)27(33)34/h4,7-10,12-13H,5-6,11,14-22H2,1-3H3,(H,30,32)(H,31,35)(H,33,34). The maximum atomic E-state index is 11.5. The molecular weight excluding hydrogens is 502 g/mol. The minimum absolute atomic E-state index is 0.295. The third-order valence-corrected chi connectivity index (χ3v) is 5.33. The van der Waals surface area contributed by atoms with Crippen LogP contribution < -0.4 is 10.6 Å². The first-order chi connectivity index (χ1) is 18.7. The van der Waals surface area contributed by atoms with E-state index < -0.39 is 17.7 Å². The van der Waals surface area contributed by atoms with E-state index in [9.17, 15) is 9.59 Å². The van der Waals surface area contributed by atoms with Gasteiger partial charge in [0.1, 0.15) is 11.4 Å². The van der Waals surface area contributed by atoms with Gasteiger partial charge in [-0.1, -0.05) is 18.2 Å². The first-order valence-corrected chi connectivity index (χ1v) is 13.4. The average Bonchev–Trinajstić information content (AvgIpc) is 2.89. The van der Waals surface area contributed by atoms with E-state index in [1.54, 1.807) is 12.1 Å². The van der Waals surface area contributed by atoms with Crippen LogP contribution in [-0.4, -0.2) is 80.5 Å². The van der Waals surface area contributed by atoms with Gasteiger partial charge in [0.25, 0.3) is 0 Å². The lowest BCUT2D eigenvalue weighted by atomic mass is 10.1. The van der Waals surface area contributed by atoms with E-state index in [2.05, 4.69) is 15.6 Å². The lowest BCUT2D eigenvalue weighted by molar-refractivity contribution is 0.0139. The molecule has 2 aromatic rings. The van der Waals surface area contributed by atoms with Gasteiger partial charge < -0.3 is 34.7 Å². The molecule has 1 heterocycles. The first-order valence-electron chi connectivity index (χ1n) is 13.4. The summed E-state index contributed by atoms with van der Waals surface area (Å²) < 4.78 is 21.8. The molecule has 1 aromatic heterocycles. The molecule has 0 spiro atoms. The highest BCUT2D eigenvalue weighted by molar-refractivity contribution is 5.87. The predicted octanol–water partition coefficient (Wildman–Crippen LogP) is 4.33.